The normalized spacial score (nSPS) is 34.6. The number of rotatable bonds is 6. The lowest BCUT2D eigenvalue weighted by atomic mass is 9.98. The van der Waals surface area contributed by atoms with E-state index in [1.165, 1.54) is 43.3 Å². The average Bonchev–Trinajstić information content (AvgIpc) is 2.94. The van der Waals surface area contributed by atoms with E-state index in [2.05, 4.69) is 0 Å². The molecule has 0 amide bonds. The third-order valence-electron chi connectivity index (χ3n) is 7.01. The van der Waals surface area contributed by atoms with Gasteiger partial charge in [-0.25, -0.2) is 0 Å². The molecule has 0 radical (unpaired) electrons. The molecule has 0 aliphatic carbocycles. The van der Waals surface area contributed by atoms with Gasteiger partial charge in [0.25, 0.3) is 0 Å². The monoisotopic (exact) mass is 562 g/mol. The SMILES string of the molecule is C[C@@H]1O[C@@H](OC[C@H]2O[C@@H](Oc3ccc4c(=O)cc(-c5ccc(O)cc5)oc4c3)[C@H](O)[C@@H](O)[C@@H]2O)[C@H](O)[C@H](O)[C@H]1O. The van der Waals surface area contributed by atoms with Gasteiger partial charge in [0.2, 0.25) is 6.29 Å². The summed E-state index contributed by atoms with van der Waals surface area (Å²) in [6, 6.07) is 11.7. The van der Waals surface area contributed by atoms with Crippen molar-refractivity contribution in [2.75, 3.05) is 6.61 Å². The number of aliphatic hydroxyl groups is 6. The van der Waals surface area contributed by atoms with E-state index in [0.29, 0.717) is 5.56 Å². The van der Waals surface area contributed by atoms with Crippen LogP contribution in [-0.4, -0.2) is 104 Å². The minimum absolute atomic E-state index is 0.0537. The summed E-state index contributed by atoms with van der Waals surface area (Å²) in [7, 11) is 0. The molecule has 2 aromatic carbocycles. The minimum Gasteiger partial charge on any atom is -0.508 e. The van der Waals surface area contributed by atoms with Crippen LogP contribution in [0.4, 0.5) is 0 Å². The van der Waals surface area contributed by atoms with Gasteiger partial charge in [-0.1, -0.05) is 0 Å². The van der Waals surface area contributed by atoms with Crippen molar-refractivity contribution in [1.82, 2.24) is 0 Å². The van der Waals surface area contributed by atoms with E-state index in [4.69, 9.17) is 23.4 Å². The number of phenols is 1. The molecule has 40 heavy (non-hydrogen) atoms. The standard InChI is InChI=1S/C27H30O13/c1-11-20(30)22(32)24(34)26(37-11)36-10-19-21(31)23(33)25(35)27(40-19)38-14-6-7-15-16(29)9-17(39-18(15)8-14)12-2-4-13(28)5-3-12/h2-9,11,19-28,30-35H,10H2,1H3/t11-,19+,20-,21+,22+,23-,24+,25+,26+,27+/m0/s1. The Hall–Kier alpha value is -3.11. The molecule has 216 valence electrons. The van der Waals surface area contributed by atoms with Crippen LogP contribution in [0.3, 0.4) is 0 Å². The molecule has 1 aromatic heterocycles. The number of aromatic hydroxyl groups is 1. The van der Waals surface area contributed by atoms with Gasteiger partial charge in [-0.3, -0.25) is 4.79 Å². The largest absolute Gasteiger partial charge is 0.508 e. The lowest BCUT2D eigenvalue weighted by Crippen LogP contribution is -2.61. The molecular weight excluding hydrogens is 532 g/mol. The Morgan fingerprint density at radius 2 is 1.45 bits per heavy atom. The summed E-state index contributed by atoms with van der Waals surface area (Å²) in [4.78, 5) is 12.7. The summed E-state index contributed by atoms with van der Waals surface area (Å²) in [5.41, 5.74) is 0.398. The summed E-state index contributed by atoms with van der Waals surface area (Å²) in [5, 5.41) is 71.1. The Bertz CT molecular complexity index is 1380. The van der Waals surface area contributed by atoms with E-state index in [-0.39, 0.29) is 33.7 Å². The van der Waals surface area contributed by atoms with Crippen molar-refractivity contribution in [3.63, 3.8) is 0 Å². The van der Waals surface area contributed by atoms with Gasteiger partial charge in [0, 0.05) is 17.7 Å². The number of aliphatic hydroxyl groups excluding tert-OH is 6. The van der Waals surface area contributed by atoms with Gasteiger partial charge < -0.3 is 59.1 Å². The maximum absolute atomic E-state index is 12.7. The topological polar surface area (TPSA) is 209 Å². The molecule has 2 saturated heterocycles. The third kappa shape index (κ3) is 5.56. The Balaban J connectivity index is 1.32. The summed E-state index contributed by atoms with van der Waals surface area (Å²) in [6.07, 6.45) is -14.4. The van der Waals surface area contributed by atoms with Crippen LogP contribution < -0.4 is 10.2 Å². The van der Waals surface area contributed by atoms with E-state index in [9.17, 15) is 40.5 Å². The number of hydrogen-bond acceptors (Lipinski definition) is 13. The highest BCUT2D eigenvalue weighted by molar-refractivity contribution is 5.80. The van der Waals surface area contributed by atoms with E-state index < -0.39 is 68.0 Å². The molecule has 13 heteroatoms. The smallest absolute Gasteiger partial charge is 0.229 e. The van der Waals surface area contributed by atoms with Gasteiger partial charge in [0.15, 0.2) is 11.7 Å². The molecule has 2 aliphatic heterocycles. The zero-order chi connectivity index (χ0) is 28.7. The maximum atomic E-state index is 12.7. The van der Waals surface area contributed by atoms with Gasteiger partial charge in [-0.15, -0.1) is 0 Å². The van der Waals surface area contributed by atoms with Crippen LogP contribution >= 0.6 is 0 Å². The first-order valence-corrected chi connectivity index (χ1v) is 12.6. The van der Waals surface area contributed by atoms with Crippen LogP contribution in [0.15, 0.2) is 57.7 Å². The first-order valence-electron chi connectivity index (χ1n) is 12.6. The maximum Gasteiger partial charge on any atom is 0.229 e. The second-order valence-corrected chi connectivity index (χ2v) is 9.83. The van der Waals surface area contributed by atoms with Crippen molar-refractivity contribution in [2.45, 2.75) is 68.3 Å². The quantitative estimate of drug-likeness (QED) is 0.196. The number of phenolic OH excluding ortho intramolecular Hbond substituents is 1. The van der Waals surface area contributed by atoms with Crippen molar-refractivity contribution in [2.24, 2.45) is 0 Å². The van der Waals surface area contributed by atoms with Crippen LogP contribution in [0.5, 0.6) is 11.5 Å². The fourth-order valence-corrected chi connectivity index (χ4v) is 4.60. The highest BCUT2D eigenvalue weighted by atomic mass is 16.7. The molecule has 7 N–H and O–H groups in total. The van der Waals surface area contributed by atoms with E-state index >= 15 is 0 Å². The zero-order valence-electron chi connectivity index (χ0n) is 21.2. The van der Waals surface area contributed by atoms with Gasteiger partial charge in [0.1, 0.15) is 65.6 Å². The molecule has 0 unspecified atom stereocenters. The average molecular weight is 563 g/mol. The summed E-state index contributed by atoms with van der Waals surface area (Å²) >= 11 is 0. The molecule has 0 spiro atoms. The second-order valence-electron chi connectivity index (χ2n) is 9.83. The van der Waals surface area contributed by atoms with E-state index in [0.717, 1.165) is 0 Å². The first kappa shape index (κ1) is 28.4. The Morgan fingerprint density at radius 1 is 0.775 bits per heavy atom. The summed E-state index contributed by atoms with van der Waals surface area (Å²) < 4.78 is 28.1. The lowest BCUT2D eigenvalue weighted by molar-refractivity contribution is -0.318. The van der Waals surface area contributed by atoms with Crippen LogP contribution in [0.1, 0.15) is 6.92 Å². The number of ether oxygens (including phenoxy) is 4. The Morgan fingerprint density at radius 3 is 2.17 bits per heavy atom. The Kier molecular flexibility index (Phi) is 8.10. The predicted molar refractivity (Wildman–Crippen MR) is 135 cm³/mol. The van der Waals surface area contributed by atoms with Gasteiger partial charge in [-0.05, 0) is 43.3 Å². The van der Waals surface area contributed by atoms with Crippen LogP contribution in [0.25, 0.3) is 22.3 Å². The van der Waals surface area contributed by atoms with Gasteiger partial charge in [0.05, 0.1) is 18.1 Å². The molecule has 3 aromatic rings. The molecule has 2 fully saturated rings. The molecule has 13 nitrogen and oxygen atoms in total. The van der Waals surface area contributed by atoms with Gasteiger partial charge >= 0.3 is 0 Å². The number of hydrogen-bond donors (Lipinski definition) is 7. The van der Waals surface area contributed by atoms with Crippen molar-refractivity contribution >= 4 is 11.0 Å². The van der Waals surface area contributed by atoms with Crippen LogP contribution in [0, 0.1) is 0 Å². The van der Waals surface area contributed by atoms with Crippen LogP contribution in [-0.2, 0) is 14.2 Å². The lowest BCUT2D eigenvalue weighted by Gasteiger charge is -2.42. The molecule has 5 rings (SSSR count). The summed E-state index contributed by atoms with van der Waals surface area (Å²) in [5.74, 6) is 0.416. The minimum atomic E-state index is -1.70. The molecular formula is C27H30O13. The molecule has 2 aliphatic rings. The van der Waals surface area contributed by atoms with E-state index in [1.54, 1.807) is 12.1 Å². The van der Waals surface area contributed by atoms with Crippen LogP contribution in [0.2, 0.25) is 0 Å². The molecule has 0 bridgehead atoms. The predicted octanol–water partition coefficient (Wildman–Crippen LogP) is -0.804. The van der Waals surface area contributed by atoms with Gasteiger partial charge in [-0.2, -0.15) is 0 Å². The fourth-order valence-electron chi connectivity index (χ4n) is 4.60. The zero-order valence-corrected chi connectivity index (χ0v) is 21.2. The second kappa shape index (κ2) is 11.4. The summed E-state index contributed by atoms with van der Waals surface area (Å²) in [6.45, 7) is 1.04. The molecule has 3 heterocycles. The molecule has 0 saturated carbocycles. The highest BCUT2D eigenvalue weighted by Gasteiger charge is 2.47. The third-order valence-corrected chi connectivity index (χ3v) is 7.01. The van der Waals surface area contributed by atoms with Crippen molar-refractivity contribution < 1.29 is 59.1 Å². The van der Waals surface area contributed by atoms with Crippen molar-refractivity contribution in [1.29, 1.82) is 0 Å². The fraction of sp³-hybridized carbons (Fsp3) is 0.444. The first-order chi connectivity index (χ1) is 19.0. The number of fused-ring (bicyclic) bond motifs is 1. The Labute approximate surface area is 227 Å². The van der Waals surface area contributed by atoms with Crippen molar-refractivity contribution in [3.8, 4) is 22.8 Å². The number of benzene rings is 2. The van der Waals surface area contributed by atoms with E-state index in [1.807, 2.05) is 0 Å². The van der Waals surface area contributed by atoms with Crippen molar-refractivity contribution in [3.05, 3.63) is 58.8 Å². The highest BCUT2D eigenvalue weighted by Crippen LogP contribution is 2.30. The molecule has 10 atom stereocenters.